The second-order valence-corrected chi connectivity index (χ2v) is 6.31. The minimum Gasteiger partial charge on any atom is -0.277 e. The monoisotopic (exact) mass is 300 g/mol. The number of carbonyl (C=O) groups excluding carboxylic acids is 1. The molecule has 0 atom stereocenters. The predicted octanol–water partition coefficient (Wildman–Crippen LogP) is 0.958. The van der Waals surface area contributed by atoms with Crippen molar-refractivity contribution in [2.45, 2.75) is 32.1 Å². The summed E-state index contributed by atoms with van der Waals surface area (Å²) in [5.41, 5.74) is 4.52. The third-order valence-electron chi connectivity index (χ3n) is 2.73. The van der Waals surface area contributed by atoms with Crippen molar-refractivity contribution in [1.82, 2.24) is 10.2 Å². The Morgan fingerprint density at radius 1 is 1.20 bits per heavy atom. The van der Waals surface area contributed by atoms with Crippen molar-refractivity contribution in [3.8, 4) is 0 Å². The van der Waals surface area contributed by atoms with E-state index in [1.807, 2.05) is 19.1 Å². The molecule has 6 nitrogen and oxygen atoms in total. The Morgan fingerprint density at radius 2 is 1.75 bits per heavy atom. The number of hydroxylamine groups is 1. The number of amides is 1. The summed E-state index contributed by atoms with van der Waals surface area (Å²) in [7, 11) is -2.30. The van der Waals surface area contributed by atoms with E-state index in [9.17, 15) is 13.2 Å². The Kier molecular flexibility index (Phi) is 5.67. The topological polar surface area (TPSA) is 84.5 Å². The van der Waals surface area contributed by atoms with Crippen molar-refractivity contribution in [2.75, 3.05) is 13.7 Å². The van der Waals surface area contributed by atoms with Crippen molar-refractivity contribution in [3.05, 3.63) is 28.8 Å². The molecule has 112 valence electrons. The van der Waals surface area contributed by atoms with Gasteiger partial charge in [0.2, 0.25) is 15.9 Å². The highest BCUT2D eigenvalue weighted by molar-refractivity contribution is 7.89. The fourth-order valence-corrected chi connectivity index (χ4v) is 3.61. The van der Waals surface area contributed by atoms with Crippen molar-refractivity contribution in [1.29, 1.82) is 0 Å². The zero-order chi connectivity index (χ0) is 15.3. The number of hydrogen-bond acceptors (Lipinski definition) is 4. The molecule has 0 aliphatic carbocycles. The predicted molar refractivity (Wildman–Crippen MR) is 75.6 cm³/mol. The highest BCUT2D eigenvalue weighted by Crippen LogP contribution is 2.21. The molecule has 0 aromatic heterocycles. The van der Waals surface area contributed by atoms with E-state index in [0.717, 1.165) is 5.56 Å². The van der Waals surface area contributed by atoms with Gasteiger partial charge in [-0.25, -0.2) is 18.6 Å². The van der Waals surface area contributed by atoms with Gasteiger partial charge >= 0.3 is 0 Å². The Morgan fingerprint density at radius 3 is 2.25 bits per heavy atom. The number of sulfonamides is 1. The highest BCUT2D eigenvalue weighted by Gasteiger charge is 2.19. The minimum atomic E-state index is -3.62. The third-order valence-corrected chi connectivity index (χ3v) is 4.50. The molecule has 0 unspecified atom stereocenters. The van der Waals surface area contributed by atoms with Crippen LogP contribution in [-0.2, 0) is 19.7 Å². The summed E-state index contributed by atoms with van der Waals surface area (Å²) in [6.45, 7) is 5.45. The maximum absolute atomic E-state index is 12.3. The average Bonchev–Trinajstić information content (AvgIpc) is 2.26. The normalized spacial score (nSPS) is 11.4. The van der Waals surface area contributed by atoms with Crippen LogP contribution < -0.4 is 10.2 Å². The maximum atomic E-state index is 12.3. The molecule has 1 amide bonds. The molecule has 1 aromatic rings. The van der Waals surface area contributed by atoms with Gasteiger partial charge in [0.25, 0.3) is 0 Å². The van der Waals surface area contributed by atoms with Crippen LogP contribution in [0.2, 0.25) is 0 Å². The molecule has 0 radical (unpaired) electrons. The van der Waals surface area contributed by atoms with Crippen molar-refractivity contribution in [3.63, 3.8) is 0 Å². The van der Waals surface area contributed by atoms with Crippen molar-refractivity contribution < 1.29 is 18.0 Å². The Bertz CT molecular complexity index is 573. The van der Waals surface area contributed by atoms with Gasteiger partial charge in [0.05, 0.1) is 12.0 Å². The fraction of sp³-hybridized carbons (Fsp3) is 0.462. The van der Waals surface area contributed by atoms with Gasteiger partial charge < -0.3 is 0 Å². The molecule has 0 spiro atoms. The largest absolute Gasteiger partial charge is 0.277 e. The van der Waals surface area contributed by atoms with Crippen molar-refractivity contribution >= 4 is 15.9 Å². The molecule has 0 heterocycles. The zero-order valence-corrected chi connectivity index (χ0v) is 12.9. The van der Waals surface area contributed by atoms with Crippen molar-refractivity contribution in [2.24, 2.45) is 0 Å². The van der Waals surface area contributed by atoms with Crippen LogP contribution in [0, 0.1) is 20.8 Å². The number of benzene rings is 1. The van der Waals surface area contributed by atoms with Gasteiger partial charge in [-0.3, -0.25) is 9.63 Å². The molecule has 20 heavy (non-hydrogen) atoms. The molecule has 0 saturated heterocycles. The number of hydrogen-bond donors (Lipinski definition) is 2. The van der Waals surface area contributed by atoms with Gasteiger partial charge in [0, 0.05) is 13.0 Å². The smallest absolute Gasteiger partial charge is 0.244 e. The van der Waals surface area contributed by atoms with Gasteiger partial charge in [-0.1, -0.05) is 17.7 Å². The summed E-state index contributed by atoms with van der Waals surface area (Å²) in [6, 6.07) is 3.64. The first-order valence-corrected chi connectivity index (χ1v) is 7.65. The first-order valence-electron chi connectivity index (χ1n) is 6.17. The lowest BCUT2D eigenvalue weighted by atomic mass is 10.1. The fourth-order valence-electron chi connectivity index (χ4n) is 2.13. The van der Waals surface area contributed by atoms with Crippen LogP contribution in [0.5, 0.6) is 0 Å². The lowest BCUT2D eigenvalue weighted by Gasteiger charge is -2.13. The standard InChI is InChI=1S/C13H20N2O4S/c1-9-7-10(2)13(11(3)8-9)20(17,18)14-6-5-12(16)15-19-4/h7-8,14H,5-6H2,1-4H3,(H,15,16). The molecule has 2 N–H and O–H groups in total. The molecule has 0 fully saturated rings. The van der Waals surface area contributed by atoms with Gasteiger partial charge in [-0.05, 0) is 31.9 Å². The molecular weight excluding hydrogens is 280 g/mol. The van der Waals surface area contributed by atoms with Crippen LogP contribution in [0.15, 0.2) is 17.0 Å². The zero-order valence-electron chi connectivity index (χ0n) is 12.1. The molecular formula is C13H20N2O4S. The van der Waals surface area contributed by atoms with E-state index in [4.69, 9.17) is 0 Å². The van der Waals surface area contributed by atoms with Crippen LogP contribution in [0.1, 0.15) is 23.1 Å². The van der Waals surface area contributed by atoms with E-state index in [1.165, 1.54) is 7.11 Å². The number of carbonyl (C=O) groups is 1. The number of rotatable bonds is 6. The molecule has 0 saturated carbocycles. The van der Waals surface area contributed by atoms with Gasteiger partial charge in [-0.2, -0.15) is 0 Å². The second kappa shape index (κ2) is 6.83. The van der Waals surface area contributed by atoms with E-state index >= 15 is 0 Å². The van der Waals surface area contributed by atoms with E-state index in [-0.39, 0.29) is 23.8 Å². The van der Waals surface area contributed by atoms with Gasteiger partial charge in [0.15, 0.2) is 0 Å². The number of aryl methyl sites for hydroxylation is 3. The van der Waals surface area contributed by atoms with Crippen LogP contribution in [-0.4, -0.2) is 28.0 Å². The summed E-state index contributed by atoms with van der Waals surface area (Å²) in [5.74, 6) is -0.382. The third kappa shape index (κ3) is 4.29. The van der Waals surface area contributed by atoms with Gasteiger partial charge in [-0.15, -0.1) is 0 Å². The van der Waals surface area contributed by atoms with Crippen LogP contribution in [0.25, 0.3) is 0 Å². The maximum Gasteiger partial charge on any atom is 0.244 e. The Labute approximate surface area is 119 Å². The number of nitrogens with one attached hydrogen (secondary N) is 2. The van der Waals surface area contributed by atoms with E-state index < -0.39 is 10.0 Å². The van der Waals surface area contributed by atoms with E-state index in [1.54, 1.807) is 13.8 Å². The van der Waals surface area contributed by atoms with Crippen LogP contribution in [0.4, 0.5) is 0 Å². The summed E-state index contributed by atoms with van der Waals surface area (Å²) < 4.78 is 26.9. The summed E-state index contributed by atoms with van der Waals surface area (Å²) in [4.78, 5) is 15.9. The summed E-state index contributed by atoms with van der Waals surface area (Å²) in [6.07, 6.45) is 0.0109. The SMILES string of the molecule is CONC(=O)CCNS(=O)(=O)c1c(C)cc(C)cc1C. The van der Waals surface area contributed by atoms with Gasteiger partial charge in [0.1, 0.15) is 0 Å². The lowest BCUT2D eigenvalue weighted by molar-refractivity contribution is -0.131. The van der Waals surface area contributed by atoms with Crippen LogP contribution in [0.3, 0.4) is 0 Å². The molecule has 0 aliphatic heterocycles. The summed E-state index contributed by atoms with van der Waals surface area (Å²) >= 11 is 0. The lowest BCUT2D eigenvalue weighted by Crippen LogP contribution is -2.31. The van der Waals surface area contributed by atoms with E-state index in [2.05, 4.69) is 15.0 Å². The first-order chi connectivity index (χ1) is 9.27. The summed E-state index contributed by atoms with van der Waals surface area (Å²) in [5, 5.41) is 0. The molecule has 1 aromatic carbocycles. The molecule has 1 rings (SSSR count). The van der Waals surface area contributed by atoms with E-state index in [0.29, 0.717) is 11.1 Å². The Hall–Kier alpha value is -1.44. The molecule has 0 aliphatic rings. The molecule has 7 heteroatoms. The molecule has 0 bridgehead atoms. The first kappa shape index (κ1) is 16.6. The Balaban J connectivity index is 2.82. The highest BCUT2D eigenvalue weighted by atomic mass is 32.2. The quantitative estimate of drug-likeness (QED) is 0.766. The average molecular weight is 300 g/mol. The van der Waals surface area contributed by atoms with Crippen LogP contribution >= 0.6 is 0 Å². The minimum absolute atomic E-state index is 0.0109. The second-order valence-electron chi connectivity index (χ2n) is 4.60.